The molecule has 1 amide bonds. The molecule has 1 aromatic rings. The van der Waals surface area contributed by atoms with Crippen LogP contribution < -0.4 is 5.32 Å². The summed E-state index contributed by atoms with van der Waals surface area (Å²) in [5, 5.41) is 18.2. The number of carbonyl (C=O) groups excluding carboxylic acids is 1. The first-order valence-electron chi connectivity index (χ1n) is 10.9. The van der Waals surface area contributed by atoms with Crippen molar-refractivity contribution < 1.29 is 9.90 Å². The number of aliphatic hydroxyl groups excluding tert-OH is 1. The average molecular weight is 391 g/mol. The van der Waals surface area contributed by atoms with Crippen molar-refractivity contribution in [3.63, 3.8) is 0 Å². The molecule has 4 atom stereocenters. The molecule has 2 heterocycles. The second kappa shape index (κ2) is 8.54. The number of nitrogens with zero attached hydrogens (tertiary/aromatic N) is 3. The first kappa shape index (κ1) is 21.3. The minimum absolute atomic E-state index is 0.00986. The maximum atomic E-state index is 12.9. The summed E-state index contributed by atoms with van der Waals surface area (Å²) in [6, 6.07) is 2.25. The van der Waals surface area contributed by atoms with E-state index >= 15 is 0 Å². The van der Waals surface area contributed by atoms with Crippen LogP contribution in [-0.2, 0) is 10.3 Å². The van der Waals surface area contributed by atoms with E-state index in [4.69, 9.17) is 0 Å². The highest BCUT2D eigenvalue weighted by molar-refractivity contribution is 5.91. The van der Waals surface area contributed by atoms with Gasteiger partial charge in [0.15, 0.2) is 0 Å². The van der Waals surface area contributed by atoms with Gasteiger partial charge in [-0.15, -0.1) is 0 Å². The molecule has 1 saturated heterocycles. The first-order chi connectivity index (χ1) is 13.1. The van der Waals surface area contributed by atoms with Crippen LogP contribution in [0.3, 0.4) is 0 Å². The number of likely N-dealkylation sites (tertiary alicyclic amines) is 1. The number of aliphatic hydroxyl groups is 1. The quantitative estimate of drug-likeness (QED) is 0.825. The fraction of sp³-hybridized carbons (Fsp3) is 0.818. The molecule has 4 unspecified atom stereocenters. The molecule has 1 aliphatic heterocycles. The number of piperidine rings is 1. The number of aromatic nitrogens is 2. The van der Waals surface area contributed by atoms with Crippen molar-refractivity contribution in [2.75, 3.05) is 18.4 Å². The van der Waals surface area contributed by atoms with E-state index in [1.165, 1.54) is 6.42 Å². The van der Waals surface area contributed by atoms with Crippen molar-refractivity contribution in [1.29, 1.82) is 0 Å². The van der Waals surface area contributed by atoms with E-state index in [2.05, 4.69) is 43.0 Å². The molecule has 2 aliphatic rings. The van der Waals surface area contributed by atoms with Gasteiger partial charge >= 0.3 is 0 Å². The fourth-order valence-electron chi connectivity index (χ4n) is 4.99. The summed E-state index contributed by atoms with van der Waals surface area (Å²) in [7, 11) is 0. The highest BCUT2D eigenvalue weighted by atomic mass is 16.3. The molecule has 6 heteroatoms. The minimum Gasteiger partial charge on any atom is -0.393 e. The Bertz CT molecular complexity index is 679. The minimum atomic E-state index is -0.227. The maximum Gasteiger partial charge on any atom is 0.239 e. The van der Waals surface area contributed by atoms with Crippen molar-refractivity contribution in [1.82, 2.24) is 14.7 Å². The molecule has 1 aromatic heterocycles. The zero-order valence-electron chi connectivity index (χ0n) is 18.2. The summed E-state index contributed by atoms with van der Waals surface area (Å²) >= 11 is 0. The van der Waals surface area contributed by atoms with E-state index < -0.39 is 0 Å². The van der Waals surface area contributed by atoms with Gasteiger partial charge in [0.2, 0.25) is 5.91 Å². The summed E-state index contributed by atoms with van der Waals surface area (Å²) in [5.74, 6) is 1.72. The number of anilines is 1. The zero-order chi connectivity index (χ0) is 20.5. The molecular weight excluding hydrogens is 352 g/mol. The van der Waals surface area contributed by atoms with Crippen LogP contribution in [0.2, 0.25) is 0 Å². The Labute approximate surface area is 169 Å². The van der Waals surface area contributed by atoms with E-state index in [0.29, 0.717) is 24.4 Å². The monoisotopic (exact) mass is 390 g/mol. The van der Waals surface area contributed by atoms with Gasteiger partial charge in [-0.1, -0.05) is 13.3 Å². The van der Waals surface area contributed by atoms with Crippen LogP contribution in [-0.4, -0.2) is 50.9 Å². The Morgan fingerprint density at radius 3 is 2.75 bits per heavy atom. The third-order valence-corrected chi connectivity index (χ3v) is 6.36. The maximum absolute atomic E-state index is 12.9. The standard InChI is InChI=1S/C22H38N4O2/c1-15-9-10-19(27)17(12-15)18-8-6-7-11-25(18)14-21(28)23-20-13-16(2)24-26(20)22(3,4)5/h13,15,17-19,27H,6-12,14H2,1-5H3,(H,23,28). The predicted molar refractivity (Wildman–Crippen MR) is 112 cm³/mol. The smallest absolute Gasteiger partial charge is 0.239 e. The predicted octanol–water partition coefficient (Wildman–Crippen LogP) is 3.54. The number of carbonyl (C=O) groups is 1. The van der Waals surface area contributed by atoms with E-state index in [1.807, 2.05) is 17.7 Å². The lowest BCUT2D eigenvalue weighted by Gasteiger charge is -2.44. The number of nitrogens with one attached hydrogen (secondary N) is 1. The molecule has 6 nitrogen and oxygen atoms in total. The van der Waals surface area contributed by atoms with Gasteiger partial charge in [0, 0.05) is 18.0 Å². The van der Waals surface area contributed by atoms with E-state index in [0.717, 1.165) is 50.2 Å². The van der Waals surface area contributed by atoms with Crippen molar-refractivity contribution in [3.8, 4) is 0 Å². The number of hydrogen-bond acceptors (Lipinski definition) is 4. The van der Waals surface area contributed by atoms with Crippen molar-refractivity contribution in [3.05, 3.63) is 11.8 Å². The largest absolute Gasteiger partial charge is 0.393 e. The molecule has 1 aliphatic carbocycles. The van der Waals surface area contributed by atoms with Gasteiger partial charge in [-0.25, -0.2) is 4.68 Å². The Kier molecular flexibility index (Phi) is 6.50. The van der Waals surface area contributed by atoms with Gasteiger partial charge in [0.05, 0.1) is 23.9 Å². The Hall–Kier alpha value is -1.40. The molecule has 2 fully saturated rings. The van der Waals surface area contributed by atoms with Gasteiger partial charge in [-0.3, -0.25) is 9.69 Å². The van der Waals surface area contributed by atoms with Gasteiger partial charge in [-0.05, 0) is 72.3 Å². The van der Waals surface area contributed by atoms with Crippen LogP contribution in [0.1, 0.15) is 71.9 Å². The summed E-state index contributed by atoms with van der Waals surface area (Å²) in [6.07, 6.45) is 6.25. The van der Waals surface area contributed by atoms with Crippen LogP contribution in [0.5, 0.6) is 0 Å². The zero-order valence-corrected chi connectivity index (χ0v) is 18.2. The summed E-state index contributed by atoms with van der Waals surface area (Å²) in [5.41, 5.74) is 0.716. The van der Waals surface area contributed by atoms with E-state index in [9.17, 15) is 9.90 Å². The number of aryl methyl sites for hydroxylation is 1. The lowest BCUT2D eigenvalue weighted by molar-refractivity contribution is -0.119. The first-order valence-corrected chi connectivity index (χ1v) is 10.9. The molecule has 0 spiro atoms. The van der Waals surface area contributed by atoms with Gasteiger partial charge in [0.25, 0.3) is 0 Å². The van der Waals surface area contributed by atoms with Gasteiger partial charge in [-0.2, -0.15) is 5.10 Å². The molecule has 28 heavy (non-hydrogen) atoms. The molecule has 3 rings (SSSR count). The molecule has 158 valence electrons. The molecule has 1 saturated carbocycles. The lowest BCUT2D eigenvalue weighted by Crippen LogP contribution is -2.51. The van der Waals surface area contributed by atoms with Crippen LogP contribution in [0.4, 0.5) is 5.82 Å². The van der Waals surface area contributed by atoms with Crippen LogP contribution in [0, 0.1) is 18.8 Å². The molecule has 0 aromatic carbocycles. The normalized spacial score (nSPS) is 29.6. The third kappa shape index (κ3) is 4.95. The number of rotatable bonds is 4. The van der Waals surface area contributed by atoms with Crippen molar-refractivity contribution >= 4 is 11.7 Å². The number of amides is 1. The number of hydrogen-bond donors (Lipinski definition) is 2. The molecule has 0 bridgehead atoms. The van der Waals surface area contributed by atoms with Gasteiger partial charge in [0.1, 0.15) is 5.82 Å². The van der Waals surface area contributed by atoms with E-state index in [-0.39, 0.29) is 17.6 Å². The highest BCUT2D eigenvalue weighted by Gasteiger charge is 2.38. The Morgan fingerprint density at radius 2 is 2.04 bits per heavy atom. The van der Waals surface area contributed by atoms with Crippen LogP contribution >= 0.6 is 0 Å². The molecule has 2 N–H and O–H groups in total. The van der Waals surface area contributed by atoms with Crippen molar-refractivity contribution in [2.24, 2.45) is 11.8 Å². The lowest BCUT2D eigenvalue weighted by atomic mass is 9.74. The summed E-state index contributed by atoms with van der Waals surface area (Å²) < 4.78 is 1.89. The van der Waals surface area contributed by atoms with Crippen LogP contribution in [0.15, 0.2) is 6.07 Å². The fourth-order valence-corrected chi connectivity index (χ4v) is 4.99. The second-order valence-corrected chi connectivity index (χ2v) is 9.98. The van der Waals surface area contributed by atoms with Crippen molar-refractivity contribution in [2.45, 2.75) is 90.8 Å². The summed E-state index contributed by atoms with van der Waals surface area (Å²) in [6.45, 7) is 11.8. The summed E-state index contributed by atoms with van der Waals surface area (Å²) in [4.78, 5) is 15.2. The Morgan fingerprint density at radius 1 is 1.29 bits per heavy atom. The highest BCUT2D eigenvalue weighted by Crippen LogP contribution is 2.36. The van der Waals surface area contributed by atoms with Crippen LogP contribution in [0.25, 0.3) is 0 Å². The van der Waals surface area contributed by atoms with E-state index in [1.54, 1.807) is 0 Å². The molecule has 0 radical (unpaired) electrons. The Balaban J connectivity index is 1.68. The topological polar surface area (TPSA) is 70.4 Å². The third-order valence-electron chi connectivity index (χ3n) is 6.36. The average Bonchev–Trinajstić information content (AvgIpc) is 2.98. The second-order valence-electron chi connectivity index (χ2n) is 9.98. The molecular formula is C22H38N4O2. The van der Waals surface area contributed by atoms with Gasteiger partial charge < -0.3 is 10.4 Å². The SMILES string of the molecule is Cc1cc(NC(=O)CN2CCCCC2C2CC(C)CCC2O)n(C(C)(C)C)n1.